The molecule has 3 heterocycles. The SMILES string of the molecule is Cc1cnn(C[C@H]2CCCN2C(=O)[C@H](C(C)C)n2cncn2)c1. The average Bonchev–Trinajstić information content (AvgIpc) is 3.21. The van der Waals surface area contributed by atoms with Gasteiger partial charge in [-0.2, -0.15) is 10.2 Å². The molecule has 124 valence electrons. The quantitative estimate of drug-likeness (QED) is 0.841. The monoisotopic (exact) mass is 316 g/mol. The van der Waals surface area contributed by atoms with Gasteiger partial charge in [0.2, 0.25) is 5.91 Å². The molecule has 2 aromatic rings. The van der Waals surface area contributed by atoms with Crippen molar-refractivity contribution >= 4 is 5.91 Å². The third-order valence-corrected chi connectivity index (χ3v) is 4.43. The van der Waals surface area contributed by atoms with Crippen LogP contribution in [0, 0.1) is 12.8 Å². The van der Waals surface area contributed by atoms with Crippen LogP contribution in [0.15, 0.2) is 25.0 Å². The van der Waals surface area contributed by atoms with Gasteiger partial charge in [0.1, 0.15) is 18.7 Å². The highest BCUT2D eigenvalue weighted by atomic mass is 16.2. The largest absolute Gasteiger partial charge is 0.336 e. The molecule has 1 fully saturated rings. The normalized spacial score (nSPS) is 19.5. The molecule has 7 heteroatoms. The summed E-state index contributed by atoms with van der Waals surface area (Å²) >= 11 is 0. The highest BCUT2D eigenvalue weighted by Gasteiger charge is 2.36. The number of likely N-dealkylation sites (tertiary alicyclic amines) is 1. The molecule has 1 aliphatic heterocycles. The molecule has 3 rings (SSSR count). The molecule has 1 saturated heterocycles. The van der Waals surface area contributed by atoms with Crippen LogP contribution in [-0.4, -0.2) is 47.9 Å². The average molecular weight is 316 g/mol. The standard InChI is InChI=1S/C16H24N6O/c1-12(2)15(22-11-17-10-19-22)16(23)21-6-4-5-14(21)9-20-8-13(3)7-18-20/h7-8,10-12,14-15H,4-6,9H2,1-3H3/t14-,15+/m1/s1. The summed E-state index contributed by atoms with van der Waals surface area (Å²) in [6.45, 7) is 7.68. The zero-order chi connectivity index (χ0) is 16.4. The van der Waals surface area contributed by atoms with E-state index in [0.29, 0.717) is 0 Å². The van der Waals surface area contributed by atoms with Crippen LogP contribution in [0.25, 0.3) is 0 Å². The maximum atomic E-state index is 13.1. The van der Waals surface area contributed by atoms with Gasteiger partial charge in [-0.1, -0.05) is 13.8 Å². The van der Waals surface area contributed by atoms with Crippen LogP contribution in [0.5, 0.6) is 0 Å². The number of aryl methyl sites for hydroxylation is 1. The molecule has 0 bridgehead atoms. The zero-order valence-corrected chi connectivity index (χ0v) is 14.0. The Morgan fingerprint density at radius 2 is 2.22 bits per heavy atom. The van der Waals surface area contributed by atoms with E-state index >= 15 is 0 Å². The molecule has 2 atom stereocenters. The first kappa shape index (κ1) is 15.7. The molecule has 1 aliphatic rings. The lowest BCUT2D eigenvalue weighted by Crippen LogP contribution is -2.44. The van der Waals surface area contributed by atoms with Gasteiger partial charge in [0.05, 0.1) is 18.8 Å². The minimum atomic E-state index is -0.294. The Morgan fingerprint density at radius 3 is 2.83 bits per heavy atom. The van der Waals surface area contributed by atoms with Crippen molar-refractivity contribution in [3.05, 3.63) is 30.6 Å². The van der Waals surface area contributed by atoms with Crippen molar-refractivity contribution in [2.75, 3.05) is 6.54 Å². The summed E-state index contributed by atoms with van der Waals surface area (Å²) < 4.78 is 3.62. The minimum absolute atomic E-state index is 0.136. The third kappa shape index (κ3) is 3.28. The lowest BCUT2D eigenvalue weighted by Gasteiger charge is -2.30. The zero-order valence-electron chi connectivity index (χ0n) is 14.0. The van der Waals surface area contributed by atoms with E-state index in [9.17, 15) is 4.79 Å². The highest BCUT2D eigenvalue weighted by Crippen LogP contribution is 2.26. The van der Waals surface area contributed by atoms with E-state index in [2.05, 4.69) is 15.2 Å². The van der Waals surface area contributed by atoms with Crippen LogP contribution in [0.3, 0.4) is 0 Å². The molecule has 0 unspecified atom stereocenters. The van der Waals surface area contributed by atoms with Crippen LogP contribution >= 0.6 is 0 Å². The highest BCUT2D eigenvalue weighted by molar-refractivity contribution is 5.81. The van der Waals surface area contributed by atoms with Gasteiger partial charge < -0.3 is 4.90 Å². The Balaban J connectivity index is 1.76. The van der Waals surface area contributed by atoms with E-state index in [1.54, 1.807) is 11.0 Å². The van der Waals surface area contributed by atoms with Gasteiger partial charge in [0, 0.05) is 12.7 Å². The molecule has 0 aliphatic carbocycles. The van der Waals surface area contributed by atoms with Gasteiger partial charge >= 0.3 is 0 Å². The molecule has 0 spiro atoms. The lowest BCUT2D eigenvalue weighted by molar-refractivity contribution is -0.137. The number of aromatic nitrogens is 5. The van der Waals surface area contributed by atoms with E-state index in [1.807, 2.05) is 42.7 Å². The number of hydrogen-bond donors (Lipinski definition) is 0. The molecule has 0 radical (unpaired) electrons. The number of carbonyl (C=O) groups excluding carboxylic acids is 1. The lowest BCUT2D eigenvalue weighted by atomic mass is 10.0. The molecule has 7 nitrogen and oxygen atoms in total. The summed E-state index contributed by atoms with van der Waals surface area (Å²) in [4.78, 5) is 19.1. The van der Waals surface area contributed by atoms with Crippen LogP contribution < -0.4 is 0 Å². The first-order valence-corrected chi connectivity index (χ1v) is 8.20. The number of rotatable bonds is 5. The van der Waals surface area contributed by atoms with Crippen LogP contribution in [0.1, 0.15) is 38.3 Å². The van der Waals surface area contributed by atoms with Crippen molar-refractivity contribution in [3.8, 4) is 0 Å². The van der Waals surface area contributed by atoms with Crippen molar-refractivity contribution in [1.82, 2.24) is 29.4 Å². The Labute approximate surface area is 136 Å². The summed E-state index contributed by atoms with van der Waals surface area (Å²) in [5, 5.41) is 8.54. The predicted octanol–water partition coefficient (Wildman–Crippen LogP) is 1.67. The fourth-order valence-corrected chi connectivity index (χ4v) is 3.33. The van der Waals surface area contributed by atoms with Gasteiger partial charge in [-0.3, -0.25) is 9.48 Å². The fourth-order valence-electron chi connectivity index (χ4n) is 3.33. The minimum Gasteiger partial charge on any atom is -0.336 e. The van der Waals surface area contributed by atoms with Gasteiger partial charge in [-0.05, 0) is 31.2 Å². The maximum Gasteiger partial charge on any atom is 0.248 e. The summed E-state index contributed by atoms with van der Waals surface area (Å²) in [5.74, 6) is 0.300. The first-order valence-electron chi connectivity index (χ1n) is 8.20. The summed E-state index contributed by atoms with van der Waals surface area (Å²) in [5.41, 5.74) is 1.14. The van der Waals surface area contributed by atoms with E-state index in [1.165, 1.54) is 6.33 Å². The van der Waals surface area contributed by atoms with Crippen LogP contribution in [0.2, 0.25) is 0 Å². The molecular formula is C16H24N6O. The van der Waals surface area contributed by atoms with Gasteiger partial charge in [-0.15, -0.1) is 0 Å². The number of carbonyl (C=O) groups is 1. The third-order valence-electron chi connectivity index (χ3n) is 4.43. The molecule has 2 aromatic heterocycles. The van der Waals surface area contributed by atoms with Crippen LogP contribution in [-0.2, 0) is 11.3 Å². The smallest absolute Gasteiger partial charge is 0.248 e. The van der Waals surface area contributed by atoms with Crippen molar-refractivity contribution in [1.29, 1.82) is 0 Å². The fraction of sp³-hybridized carbons (Fsp3) is 0.625. The molecular weight excluding hydrogens is 292 g/mol. The maximum absolute atomic E-state index is 13.1. The van der Waals surface area contributed by atoms with Crippen molar-refractivity contribution in [3.63, 3.8) is 0 Å². The van der Waals surface area contributed by atoms with Crippen molar-refractivity contribution in [2.24, 2.45) is 5.92 Å². The summed E-state index contributed by atoms with van der Waals surface area (Å²) in [6.07, 6.45) is 9.05. The first-order chi connectivity index (χ1) is 11.1. The summed E-state index contributed by atoms with van der Waals surface area (Å²) in [7, 11) is 0. The van der Waals surface area contributed by atoms with Gasteiger partial charge in [0.25, 0.3) is 0 Å². The topological polar surface area (TPSA) is 68.8 Å². The van der Waals surface area contributed by atoms with E-state index in [0.717, 1.165) is 31.5 Å². The van der Waals surface area contributed by atoms with E-state index in [4.69, 9.17) is 0 Å². The second-order valence-electron chi connectivity index (χ2n) is 6.63. The van der Waals surface area contributed by atoms with E-state index < -0.39 is 0 Å². The Bertz CT molecular complexity index is 647. The molecule has 1 amide bonds. The second kappa shape index (κ2) is 6.52. The van der Waals surface area contributed by atoms with Gasteiger partial charge in [0.15, 0.2) is 0 Å². The molecule has 23 heavy (non-hydrogen) atoms. The summed E-state index contributed by atoms with van der Waals surface area (Å²) in [6, 6.07) is -0.0935. The van der Waals surface area contributed by atoms with E-state index in [-0.39, 0.29) is 23.9 Å². The Morgan fingerprint density at radius 1 is 1.39 bits per heavy atom. The number of hydrogen-bond acceptors (Lipinski definition) is 4. The predicted molar refractivity (Wildman–Crippen MR) is 85.6 cm³/mol. The van der Waals surface area contributed by atoms with Crippen molar-refractivity contribution in [2.45, 2.75) is 52.2 Å². The second-order valence-corrected chi connectivity index (χ2v) is 6.63. The van der Waals surface area contributed by atoms with Crippen LogP contribution in [0.4, 0.5) is 0 Å². The number of amides is 1. The molecule has 0 aromatic carbocycles. The number of nitrogens with zero attached hydrogens (tertiary/aromatic N) is 6. The Kier molecular flexibility index (Phi) is 4.45. The molecule has 0 saturated carbocycles. The van der Waals surface area contributed by atoms with Gasteiger partial charge in [-0.25, -0.2) is 9.67 Å². The molecule has 0 N–H and O–H groups in total. The Hall–Kier alpha value is -2.18. The van der Waals surface area contributed by atoms with Crippen molar-refractivity contribution < 1.29 is 4.79 Å².